The SMILES string of the molecule is COc1ccc(C(C(=O)O)N2CCc3ccccc3C2)cc1. The van der Waals surface area contributed by atoms with E-state index in [0.29, 0.717) is 6.54 Å². The monoisotopic (exact) mass is 297 g/mol. The van der Waals surface area contributed by atoms with E-state index in [1.165, 1.54) is 11.1 Å². The maximum absolute atomic E-state index is 11.8. The van der Waals surface area contributed by atoms with Gasteiger partial charge in [-0.15, -0.1) is 0 Å². The summed E-state index contributed by atoms with van der Waals surface area (Å²) in [5.41, 5.74) is 3.32. The van der Waals surface area contributed by atoms with Crippen molar-refractivity contribution in [2.24, 2.45) is 0 Å². The Bertz CT molecular complexity index is 666. The zero-order valence-electron chi connectivity index (χ0n) is 12.5. The smallest absolute Gasteiger partial charge is 0.325 e. The first-order valence-electron chi connectivity index (χ1n) is 7.36. The Balaban J connectivity index is 1.87. The molecule has 3 rings (SSSR count). The summed E-state index contributed by atoms with van der Waals surface area (Å²) in [7, 11) is 1.60. The molecule has 0 fully saturated rings. The highest BCUT2D eigenvalue weighted by Gasteiger charge is 2.30. The van der Waals surface area contributed by atoms with Crippen molar-refractivity contribution in [3.63, 3.8) is 0 Å². The minimum atomic E-state index is -0.815. The van der Waals surface area contributed by atoms with Crippen molar-refractivity contribution in [3.05, 3.63) is 65.2 Å². The third kappa shape index (κ3) is 2.83. The molecule has 1 N–H and O–H groups in total. The molecule has 0 spiro atoms. The molecule has 2 aromatic rings. The zero-order chi connectivity index (χ0) is 15.5. The first-order valence-corrected chi connectivity index (χ1v) is 7.36. The molecule has 0 radical (unpaired) electrons. The zero-order valence-corrected chi connectivity index (χ0v) is 12.5. The fourth-order valence-electron chi connectivity index (χ4n) is 3.03. The minimum absolute atomic E-state index is 0.626. The number of carboxylic acid groups (broad SMARTS) is 1. The number of ether oxygens (including phenoxy) is 1. The van der Waals surface area contributed by atoms with Gasteiger partial charge in [0.2, 0.25) is 0 Å². The summed E-state index contributed by atoms with van der Waals surface area (Å²) < 4.78 is 5.14. The molecule has 114 valence electrons. The van der Waals surface area contributed by atoms with Gasteiger partial charge >= 0.3 is 5.97 Å². The van der Waals surface area contributed by atoms with Gasteiger partial charge in [-0.25, -0.2) is 0 Å². The van der Waals surface area contributed by atoms with Crippen molar-refractivity contribution in [1.29, 1.82) is 0 Å². The molecular formula is C18H19NO3. The molecule has 0 aromatic heterocycles. The molecular weight excluding hydrogens is 278 g/mol. The molecule has 0 amide bonds. The normalized spacial score (nSPS) is 15.9. The topological polar surface area (TPSA) is 49.8 Å². The van der Waals surface area contributed by atoms with Crippen molar-refractivity contribution in [2.75, 3.05) is 13.7 Å². The number of rotatable bonds is 4. The van der Waals surface area contributed by atoms with Crippen molar-refractivity contribution in [3.8, 4) is 5.75 Å². The molecule has 0 saturated carbocycles. The number of hydrogen-bond donors (Lipinski definition) is 1. The van der Waals surface area contributed by atoms with Crippen LogP contribution in [0.25, 0.3) is 0 Å². The average molecular weight is 297 g/mol. The van der Waals surface area contributed by atoms with E-state index in [2.05, 4.69) is 12.1 Å². The van der Waals surface area contributed by atoms with Gasteiger partial charge in [-0.1, -0.05) is 36.4 Å². The minimum Gasteiger partial charge on any atom is -0.497 e. The van der Waals surface area contributed by atoms with Gasteiger partial charge in [-0.2, -0.15) is 0 Å². The largest absolute Gasteiger partial charge is 0.497 e. The molecule has 1 atom stereocenters. The second-order valence-corrected chi connectivity index (χ2v) is 5.50. The Morgan fingerprint density at radius 1 is 1.14 bits per heavy atom. The van der Waals surface area contributed by atoms with Gasteiger partial charge in [-0.05, 0) is 35.2 Å². The van der Waals surface area contributed by atoms with Crippen LogP contribution in [0, 0.1) is 0 Å². The fraction of sp³-hybridized carbons (Fsp3) is 0.278. The van der Waals surface area contributed by atoms with Gasteiger partial charge in [0, 0.05) is 13.1 Å². The van der Waals surface area contributed by atoms with E-state index in [9.17, 15) is 9.90 Å². The lowest BCUT2D eigenvalue weighted by atomic mass is 9.96. The number of hydrogen-bond acceptors (Lipinski definition) is 3. The lowest BCUT2D eigenvalue weighted by molar-refractivity contribution is -0.144. The van der Waals surface area contributed by atoms with E-state index in [4.69, 9.17) is 4.74 Å². The van der Waals surface area contributed by atoms with E-state index in [1.54, 1.807) is 7.11 Å². The molecule has 0 aliphatic carbocycles. The molecule has 1 aliphatic rings. The molecule has 4 heteroatoms. The van der Waals surface area contributed by atoms with Crippen LogP contribution in [0.2, 0.25) is 0 Å². The Morgan fingerprint density at radius 2 is 1.82 bits per heavy atom. The predicted molar refractivity (Wildman–Crippen MR) is 83.9 cm³/mol. The van der Waals surface area contributed by atoms with Crippen LogP contribution < -0.4 is 4.74 Å². The first kappa shape index (κ1) is 14.6. The summed E-state index contributed by atoms with van der Waals surface area (Å²) >= 11 is 0. The van der Waals surface area contributed by atoms with E-state index in [1.807, 2.05) is 41.3 Å². The second kappa shape index (κ2) is 6.20. The average Bonchev–Trinajstić information content (AvgIpc) is 2.55. The highest BCUT2D eigenvalue weighted by atomic mass is 16.5. The van der Waals surface area contributed by atoms with Gasteiger partial charge in [0.15, 0.2) is 0 Å². The molecule has 0 saturated heterocycles. The third-order valence-corrected chi connectivity index (χ3v) is 4.19. The number of carboxylic acids is 1. The maximum atomic E-state index is 11.8. The van der Waals surface area contributed by atoms with E-state index in [0.717, 1.165) is 24.3 Å². The van der Waals surface area contributed by atoms with Crippen molar-refractivity contribution >= 4 is 5.97 Å². The summed E-state index contributed by atoms with van der Waals surface area (Å²) in [6.07, 6.45) is 0.885. The van der Waals surface area contributed by atoms with Crippen molar-refractivity contribution in [2.45, 2.75) is 19.0 Å². The number of benzene rings is 2. The standard InChI is InChI=1S/C18H19NO3/c1-22-16-8-6-14(7-9-16)17(18(20)21)19-11-10-13-4-2-3-5-15(13)12-19/h2-9,17H,10-12H2,1H3,(H,20,21). The van der Waals surface area contributed by atoms with E-state index < -0.39 is 12.0 Å². The first-order chi connectivity index (χ1) is 10.7. The van der Waals surface area contributed by atoms with Gasteiger partial charge < -0.3 is 9.84 Å². The van der Waals surface area contributed by atoms with Crippen LogP contribution in [0.3, 0.4) is 0 Å². The summed E-state index contributed by atoms with van der Waals surface area (Å²) in [5, 5.41) is 9.68. The molecule has 2 aromatic carbocycles. The second-order valence-electron chi connectivity index (χ2n) is 5.50. The van der Waals surface area contributed by atoms with E-state index >= 15 is 0 Å². The molecule has 1 aliphatic heterocycles. The van der Waals surface area contributed by atoms with Crippen molar-refractivity contribution < 1.29 is 14.6 Å². The number of carbonyl (C=O) groups is 1. The van der Waals surface area contributed by atoms with Crippen molar-refractivity contribution in [1.82, 2.24) is 4.90 Å². The molecule has 1 heterocycles. The Hall–Kier alpha value is -2.33. The van der Waals surface area contributed by atoms with Gasteiger partial charge in [0.1, 0.15) is 11.8 Å². The molecule has 22 heavy (non-hydrogen) atoms. The molecule has 4 nitrogen and oxygen atoms in total. The maximum Gasteiger partial charge on any atom is 0.325 e. The number of fused-ring (bicyclic) bond motifs is 1. The van der Waals surface area contributed by atoms with Gasteiger partial charge in [-0.3, -0.25) is 9.69 Å². The van der Waals surface area contributed by atoms with Gasteiger partial charge in [0.25, 0.3) is 0 Å². The summed E-state index contributed by atoms with van der Waals surface area (Å²) in [4.78, 5) is 13.8. The summed E-state index contributed by atoms with van der Waals surface area (Å²) in [6, 6.07) is 14.9. The number of nitrogens with zero attached hydrogens (tertiary/aromatic N) is 1. The lowest BCUT2D eigenvalue weighted by Crippen LogP contribution is -2.38. The quantitative estimate of drug-likeness (QED) is 0.942. The van der Waals surface area contributed by atoms with Gasteiger partial charge in [0.05, 0.1) is 7.11 Å². The van der Waals surface area contributed by atoms with E-state index in [-0.39, 0.29) is 0 Å². The van der Waals surface area contributed by atoms with Crippen LogP contribution in [0.4, 0.5) is 0 Å². The molecule has 0 bridgehead atoms. The summed E-state index contributed by atoms with van der Waals surface area (Å²) in [6.45, 7) is 1.42. The highest BCUT2D eigenvalue weighted by molar-refractivity contribution is 5.75. The third-order valence-electron chi connectivity index (χ3n) is 4.19. The van der Waals surface area contributed by atoms with Crippen LogP contribution in [0.15, 0.2) is 48.5 Å². The number of aliphatic carboxylic acids is 1. The lowest BCUT2D eigenvalue weighted by Gasteiger charge is -2.33. The summed E-state index contributed by atoms with van der Waals surface area (Å²) in [5.74, 6) is -0.0820. The van der Waals surface area contributed by atoms with Crippen LogP contribution in [0.5, 0.6) is 5.75 Å². The van der Waals surface area contributed by atoms with Crippen LogP contribution in [0.1, 0.15) is 22.7 Å². The Kier molecular flexibility index (Phi) is 4.11. The van der Waals surface area contributed by atoms with Crippen LogP contribution >= 0.6 is 0 Å². The predicted octanol–water partition coefficient (Wildman–Crippen LogP) is 2.88. The number of methoxy groups -OCH3 is 1. The van der Waals surface area contributed by atoms with Crippen LogP contribution in [-0.4, -0.2) is 29.6 Å². The Labute approximate surface area is 130 Å². The molecule has 1 unspecified atom stereocenters. The highest BCUT2D eigenvalue weighted by Crippen LogP contribution is 2.29. The van der Waals surface area contributed by atoms with Crippen LogP contribution in [-0.2, 0) is 17.8 Å². The fourth-order valence-corrected chi connectivity index (χ4v) is 3.03. The Morgan fingerprint density at radius 3 is 2.45 bits per heavy atom.